The van der Waals surface area contributed by atoms with Gasteiger partial charge in [-0.05, 0) is 49.8 Å². The number of hydrogen-bond acceptors (Lipinski definition) is 10. The van der Waals surface area contributed by atoms with E-state index in [1.165, 1.54) is 57.0 Å². The molecule has 2 aromatic rings. The van der Waals surface area contributed by atoms with Gasteiger partial charge in [0.25, 0.3) is 11.8 Å². The van der Waals surface area contributed by atoms with E-state index < -0.39 is 58.8 Å². The minimum atomic E-state index is -5.36. The maximum Gasteiger partial charge on any atom is 0.495 e. The second-order valence-electron chi connectivity index (χ2n) is 12.2. The molecular weight excluding hydrogens is 657 g/mol. The molecule has 3 heterocycles. The summed E-state index contributed by atoms with van der Waals surface area (Å²) in [7, 11) is -2.68. The van der Waals surface area contributed by atoms with Crippen LogP contribution in [0.3, 0.4) is 0 Å². The molecule has 1 amide bonds. The van der Waals surface area contributed by atoms with Gasteiger partial charge >= 0.3 is 23.9 Å². The van der Waals surface area contributed by atoms with Crippen LogP contribution in [0, 0.1) is 12.8 Å². The largest absolute Gasteiger partial charge is 0.733 e. The normalized spacial score (nSPS) is 23.6. The van der Waals surface area contributed by atoms with E-state index in [2.05, 4.69) is 0 Å². The minimum absolute atomic E-state index is 0.0161. The number of ether oxygens (including phenoxy) is 1. The molecule has 1 aliphatic carbocycles. The Bertz CT molecular complexity index is 1610. The van der Waals surface area contributed by atoms with E-state index in [4.69, 9.17) is 9.57 Å². The Morgan fingerprint density at radius 2 is 1.70 bits per heavy atom. The Morgan fingerprint density at radius 3 is 2.26 bits per heavy atom. The smallest absolute Gasteiger partial charge is 0.495 e. The minimum Gasteiger partial charge on any atom is -0.733 e. The van der Waals surface area contributed by atoms with Crippen molar-refractivity contribution in [3.05, 3.63) is 35.9 Å². The summed E-state index contributed by atoms with van der Waals surface area (Å²) in [6.45, 7) is 5.67. The van der Waals surface area contributed by atoms with E-state index in [-0.39, 0.29) is 61.2 Å². The van der Waals surface area contributed by atoms with Gasteiger partial charge in [0.05, 0.1) is 24.5 Å². The Labute approximate surface area is 268 Å². The van der Waals surface area contributed by atoms with Gasteiger partial charge in [0.1, 0.15) is 13.1 Å². The molecule has 18 heteroatoms. The topological polar surface area (TPSA) is 130 Å². The van der Waals surface area contributed by atoms with Gasteiger partial charge in [-0.2, -0.15) is 13.2 Å². The van der Waals surface area contributed by atoms with Gasteiger partial charge in [0.15, 0.2) is 11.3 Å². The first-order valence-corrected chi connectivity index (χ1v) is 16.0. The predicted octanol–water partition coefficient (Wildman–Crippen LogP) is 3.61. The number of benzene rings is 1. The molecule has 12 nitrogen and oxygen atoms in total. The summed E-state index contributed by atoms with van der Waals surface area (Å²) in [6, 6.07) is 7.30. The summed E-state index contributed by atoms with van der Waals surface area (Å²) in [4.78, 5) is 44.7. The van der Waals surface area contributed by atoms with Crippen LogP contribution in [0.25, 0.3) is 11.3 Å². The molecule has 2 fully saturated rings. The number of carbonyl (C=O) groups excluding carboxylic acids is 3. The molecule has 2 aliphatic heterocycles. The van der Waals surface area contributed by atoms with Crippen LogP contribution in [0.4, 0.5) is 39.1 Å². The monoisotopic (exact) mass is 691 g/mol. The Kier molecular flexibility index (Phi) is 8.54. The number of esters is 1. The number of piperazine rings is 1. The lowest BCUT2D eigenvalue weighted by Gasteiger charge is -2.54. The van der Waals surface area contributed by atoms with Gasteiger partial charge in [-0.25, -0.2) is 29.4 Å². The zero-order chi connectivity index (χ0) is 34.9. The van der Waals surface area contributed by atoms with Crippen LogP contribution in [0.1, 0.15) is 32.8 Å². The highest BCUT2D eigenvalue weighted by molar-refractivity contribution is 8.26. The second kappa shape index (κ2) is 11.7. The molecule has 0 bridgehead atoms. The van der Waals surface area contributed by atoms with Crippen molar-refractivity contribution >= 4 is 46.0 Å². The van der Waals surface area contributed by atoms with E-state index in [9.17, 15) is 45.4 Å². The number of rotatable bonds is 7. The van der Waals surface area contributed by atoms with E-state index in [0.29, 0.717) is 5.56 Å². The Balaban J connectivity index is 1.51. The van der Waals surface area contributed by atoms with E-state index in [1.54, 1.807) is 17.9 Å². The van der Waals surface area contributed by atoms with Gasteiger partial charge in [0, 0.05) is 50.0 Å². The zero-order valence-electron chi connectivity index (χ0n) is 26.1. The lowest BCUT2D eigenvalue weighted by atomic mass is 10.0. The number of halogens is 5. The number of aromatic nitrogens is 1. The first-order valence-electron chi connectivity index (χ1n) is 14.5. The summed E-state index contributed by atoms with van der Waals surface area (Å²) in [5.74, 6) is -7.61. The lowest BCUT2D eigenvalue weighted by Crippen LogP contribution is -2.59. The van der Waals surface area contributed by atoms with E-state index >= 15 is 0 Å². The van der Waals surface area contributed by atoms with Crippen molar-refractivity contribution in [2.24, 2.45) is 5.92 Å². The van der Waals surface area contributed by atoms with Crippen LogP contribution in [0.15, 0.2) is 30.3 Å². The fourth-order valence-corrected chi connectivity index (χ4v) is 7.23. The van der Waals surface area contributed by atoms with Gasteiger partial charge in [0.2, 0.25) is 0 Å². The Hall–Kier alpha value is -3.90. The van der Waals surface area contributed by atoms with E-state index in [0.717, 1.165) is 13.3 Å². The van der Waals surface area contributed by atoms with Gasteiger partial charge in [-0.1, -0.05) is 0 Å². The molecule has 1 aromatic heterocycles. The van der Waals surface area contributed by atoms with Crippen molar-refractivity contribution in [2.75, 3.05) is 53.3 Å². The second-order valence-corrected chi connectivity index (χ2v) is 14.1. The number of nitrogens with zero attached hydrogens (tertiary/aromatic N) is 5. The third-order valence-corrected chi connectivity index (χ3v) is 10.2. The molecular formula is C29H34F5N5O7S. The summed E-state index contributed by atoms with van der Waals surface area (Å²) in [6.07, 6.45) is -5.77. The SMILES string of the molecule is CC(=O)OC(C)(C)C(=O)N1CCN(c2ccc(C)c(-c3ccc4c(c3)N(C)S([O-])(O)N4CC3CC3(F)F)[n+]2OC(=O)C(F)(F)F)CC1. The first-order chi connectivity index (χ1) is 21.6. The highest BCUT2D eigenvalue weighted by Gasteiger charge is 2.58. The summed E-state index contributed by atoms with van der Waals surface area (Å²) in [5, 5.41) is 0. The molecule has 5 rings (SSSR count). The molecule has 47 heavy (non-hydrogen) atoms. The maximum absolute atomic E-state index is 13.7. The van der Waals surface area contributed by atoms with Crippen molar-refractivity contribution < 1.29 is 59.7 Å². The standard InChI is InChI=1S/C29H34F5N5O7S/c1-17-6-9-23(36-10-12-37(13-11-36)25(41)27(3,4)45-18(2)40)39(46-26(42)29(32,33)34)24(17)19-7-8-21-22(14-19)35(5)47(43,44)38(21)16-20-15-28(20,30)31/h6-9,14,20H,10-13,15-16H2,1-5H3,(H-,43,44). The average molecular weight is 692 g/mol. The number of alkyl halides is 5. The number of carbonyl (C=O) groups is 3. The average Bonchev–Trinajstić information content (AvgIpc) is 3.53. The Morgan fingerprint density at radius 1 is 1.09 bits per heavy atom. The van der Waals surface area contributed by atoms with Crippen LogP contribution < -0.4 is 23.1 Å². The van der Waals surface area contributed by atoms with Crippen molar-refractivity contribution in [3.8, 4) is 11.3 Å². The summed E-state index contributed by atoms with van der Waals surface area (Å²) in [5.41, 5.74) is -0.517. The number of fused-ring (bicyclic) bond motifs is 1. The fraction of sp³-hybridized carbons (Fsp3) is 0.517. The van der Waals surface area contributed by atoms with E-state index in [1.807, 2.05) is 0 Å². The van der Waals surface area contributed by atoms with Crippen LogP contribution in [-0.2, 0) is 19.1 Å². The van der Waals surface area contributed by atoms with Crippen LogP contribution in [0.2, 0.25) is 0 Å². The van der Waals surface area contributed by atoms with Crippen molar-refractivity contribution in [3.63, 3.8) is 0 Å². The molecule has 1 saturated heterocycles. The van der Waals surface area contributed by atoms with Gasteiger partial charge in [-0.15, -0.1) is 0 Å². The molecule has 1 saturated carbocycles. The molecule has 2 unspecified atom stereocenters. The number of anilines is 3. The zero-order valence-corrected chi connectivity index (χ0v) is 27.0. The third kappa shape index (κ3) is 6.49. The molecule has 3 aliphatic rings. The van der Waals surface area contributed by atoms with Crippen molar-refractivity contribution in [1.29, 1.82) is 0 Å². The number of amides is 1. The van der Waals surface area contributed by atoms with Gasteiger partial charge in [-0.3, -0.25) is 27.7 Å². The quantitative estimate of drug-likeness (QED) is 0.261. The number of aryl methyl sites for hydroxylation is 1. The molecule has 0 radical (unpaired) electrons. The van der Waals surface area contributed by atoms with Crippen LogP contribution >= 0.6 is 11.0 Å². The lowest BCUT2D eigenvalue weighted by molar-refractivity contribution is -0.851. The maximum atomic E-state index is 13.7. The van der Waals surface area contributed by atoms with Crippen LogP contribution in [0.5, 0.6) is 0 Å². The molecule has 1 N–H and O–H groups in total. The van der Waals surface area contributed by atoms with Crippen molar-refractivity contribution in [1.82, 2.24) is 4.90 Å². The highest BCUT2D eigenvalue weighted by atomic mass is 32.3. The predicted molar refractivity (Wildman–Crippen MR) is 159 cm³/mol. The van der Waals surface area contributed by atoms with Crippen LogP contribution in [-0.4, -0.2) is 89.3 Å². The summed E-state index contributed by atoms with van der Waals surface area (Å²) >= 11 is 0. The molecule has 1 aromatic carbocycles. The van der Waals surface area contributed by atoms with Gasteiger partial charge < -0.3 is 14.2 Å². The fourth-order valence-electron chi connectivity index (χ4n) is 5.75. The highest BCUT2D eigenvalue weighted by Crippen LogP contribution is 2.62. The molecule has 258 valence electrons. The first kappa shape index (κ1) is 34.4. The summed E-state index contributed by atoms with van der Waals surface area (Å²) < 4.78 is 99.9. The third-order valence-electron chi connectivity index (χ3n) is 8.32. The molecule has 2 atom stereocenters. The number of hydrogen-bond donors (Lipinski definition) is 1. The van der Waals surface area contributed by atoms with Crippen molar-refractivity contribution in [2.45, 2.75) is 51.8 Å². The molecule has 0 spiro atoms. The number of pyridine rings is 1.